The van der Waals surface area contributed by atoms with Crippen LogP contribution in [0.1, 0.15) is 0 Å². The maximum atomic E-state index is 5.67. The van der Waals surface area contributed by atoms with Gasteiger partial charge in [0.2, 0.25) is 0 Å². The highest BCUT2D eigenvalue weighted by atomic mass is 79.9. The fraction of sp³-hybridized carbons (Fsp3) is 0. The minimum atomic E-state index is 0.240. The second-order valence-electron chi connectivity index (χ2n) is 2.58. The molecule has 2 aromatic rings. The summed E-state index contributed by atoms with van der Waals surface area (Å²) in [6.07, 6.45) is 0. The van der Waals surface area contributed by atoms with Crippen LogP contribution in [0.5, 0.6) is 0 Å². The predicted octanol–water partition coefficient (Wildman–Crippen LogP) is 3.20. The Labute approximate surface area is 98.0 Å². The lowest BCUT2D eigenvalue weighted by Crippen LogP contribution is -1.93. The molecule has 0 amide bonds. The van der Waals surface area contributed by atoms with Crippen LogP contribution in [0, 0.1) is 0 Å². The Morgan fingerprint density at radius 2 is 2.14 bits per heavy atom. The van der Waals surface area contributed by atoms with Crippen molar-refractivity contribution in [3.63, 3.8) is 0 Å². The van der Waals surface area contributed by atoms with Crippen molar-refractivity contribution in [2.45, 2.75) is 0 Å². The first kappa shape index (κ1) is 9.89. The second kappa shape index (κ2) is 3.84. The number of nitrogens with zero attached hydrogens (tertiary/aromatic N) is 2. The van der Waals surface area contributed by atoms with Gasteiger partial charge in [0, 0.05) is 0 Å². The molecule has 0 atom stereocenters. The molecule has 2 aromatic heterocycles. The molecule has 2 heterocycles. The number of nitrogens with two attached hydrogens (primary N) is 1. The van der Waals surface area contributed by atoms with E-state index in [1.807, 2.05) is 12.1 Å². The standard InChI is InChI=1S/C8H5BrClN3S/c9-7-2-1-6(14-7)5-3-4(11)8(10)13-12-5/h1-3H,(H2,11,12). The van der Waals surface area contributed by atoms with Gasteiger partial charge in [0.15, 0.2) is 5.15 Å². The van der Waals surface area contributed by atoms with E-state index in [4.69, 9.17) is 17.3 Å². The molecule has 0 aromatic carbocycles. The highest BCUT2D eigenvalue weighted by Gasteiger charge is 2.06. The number of rotatable bonds is 1. The first-order chi connectivity index (χ1) is 6.66. The van der Waals surface area contributed by atoms with E-state index in [1.54, 1.807) is 17.4 Å². The first-order valence-electron chi connectivity index (χ1n) is 3.71. The zero-order valence-electron chi connectivity index (χ0n) is 6.87. The third kappa shape index (κ3) is 1.89. The highest BCUT2D eigenvalue weighted by molar-refractivity contribution is 9.11. The molecular formula is C8H5BrClN3S. The molecule has 6 heteroatoms. The molecule has 0 aliphatic rings. The van der Waals surface area contributed by atoms with Crippen molar-refractivity contribution in [2.24, 2.45) is 0 Å². The topological polar surface area (TPSA) is 51.8 Å². The number of hydrogen-bond donors (Lipinski definition) is 1. The molecule has 72 valence electrons. The predicted molar refractivity (Wildman–Crippen MR) is 62.5 cm³/mol. The summed E-state index contributed by atoms with van der Waals surface area (Å²) < 4.78 is 1.04. The van der Waals surface area contributed by atoms with Crippen molar-refractivity contribution in [1.82, 2.24) is 10.2 Å². The molecule has 0 fully saturated rings. The third-order valence-electron chi connectivity index (χ3n) is 1.60. The van der Waals surface area contributed by atoms with E-state index in [1.165, 1.54) is 0 Å². The summed E-state index contributed by atoms with van der Waals surface area (Å²) in [7, 11) is 0. The number of thiophene rings is 1. The Balaban J connectivity index is 2.47. The van der Waals surface area contributed by atoms with E-state index >= 15 is 0 Å². The van der Waals surface area contributed by atoms with Crippen molar-refractivity contribution in [1.29, 1.82) is 0 Å². The second-order valence-corrected chi connectivity index (χ2v) is 5.40. The number of halogens is 2. The van der Waals surface area contributed by atoms with Gasteiger partial charge in [-0.05, 0) is 34.1 Å². The van der Waals surface area contributed by atoms with Crippen LogP contribution < -0.4 is 5.73 Å². The molecule has 2 N–H and O–H groups in total. The Kier molecular flexibility index (Phi) is 2.71. The number of hydrogen-bond acceptors (Lipinski definition) is 4. The number of nitrogen functional groups attached to an aromatic ring is 1. The molecule has 2 rings (SSSR count). The van der Waals surface area contributed by atoms with Crippen LogP contribution in [0.25, 0.3) is 10.6 Å². The van der Waals surface area contributed by atoms with E-state index in [0.717, 1.165) is 14.4 Å². The Morgan fingerprint density at radius 3 is 2.71 bits per heavy atom. The number of aromatic nitrogens is 2. The fourth-order valence-corrected chi connectivity index (χ4v) is 2.40. The van der Waals surface area contributed by atoms with Crippen molar-refractivity contribution in [2.75, 3.05) is 5.73 Å². The van der Waals surface area contributed by atoms with Crippen LogP contribution in [0.3, 0.4) is 0 Å². The largest absolute Gasteiger partial charge is 0.396 e. The van der Waals surface area contributed by atoms with E-state index < -0.39 is 0 Å². The van der Waals surface area contributed by atoms with Gasteiger partial charge in [0.1, 0.15) is 5.69 Å². The summed E-state index contributed by atoms with van der Waals surface area (Å²) in [5.41, 5.74) is 6.81. The normalized spacial score (nSPS) is 10.4. The monoisotopic (exact) mass is 289 g/mol. The maximum Gasteiger partial charge on any atom is 0.174 e. The van der Waals surface area contributed by atoms with Crippen LogP contribution in [0.2, 0.25) is 5.15 Å². The zero-order chi connectivity index (χ0) is 10.1. The van der Waals surface area contributed by atoms with Crippen LogP contribution in [0.4, 0.5) is 5.69 Å². The first-order valence-corrected chi connectivity index (χ1v) is 5.70. The van der Waals surface area contributed by atoms with Crippen molar-refractivity contribution < 1.29 is 0 Å². The summed E-state index contributed by atoms with van der Waals surface area (Å²) in [6, 6.07) is 5.62. The average molecular weight is 291 g/mol. The van der Waals surface area contributed by atoms with Gasteiger partial charge in [-0.2, -0.15) is 0 Å². The highest BCUT2D eigenvalue weighted by Crippen LogP contribution is 2.31. The van der Waals surface area contributed by atoms with E-state index in [0.29, 0.717) is 5.69 Å². The molecule has 0 spiro atoms. The minimum absolute atomic E-state index is 0.240. The van der Waals surface area contributed by atoms with Gasteiger partial charge in [0.25, 0.3) is 0 Å². The van der Waals surface area contributed by atoms with Gasteiger partial charge in [0.05, 0.1) is 14.4 Å². The van der Waals surface area contributed by atoms with Gasteiger partial charge in [-0.1, -0.05) is 11.6 Å². The van der Waals surface area contributed by atoms with Crippen LogP contribution in [-0.2, 0) is 0 Å². The molecular weight excluding hydrogens is 286 g/mol. The molecule has 0 radical (unpaired) electrons. The number of anilines is 1. The summed E-state index contributed by atoms with van der Waals surface area (Å²) >= 11 is 10.6. The van der Waals surface area contributed by atoms with Crippen LogP contribution >= 0.6 is 38.9 Å². The van der Waals surface area contributed by atoms with E-state index in [9.17, 15) is 0 Å². The summed E-state index contributed by atoms with van der Waals surface area (Å²) in [4.78, 5) is 1.01. The summed E-state index contributed by atoms with van der Waals surface area (Å²) in [6.45, 7) is 0. The average Bonchev–Trinajstić information content (AvgIpc) is 2.57. The SMILES string of the molecule is Nc1cc(-c2ccc(Br)s2)nnc1Cl. The molecule has 14 heavy (non-hydrogen) atoms. The molecule has 0 aliphatic heterocycles. The van der Waals surface area contributed by atoms with Crippen molar-refractivity contribution >= 4 is 44.6 Å². The Bertz CT molecular complexity index is 471. The van der Waals surface area contributed by atoms with Gasteiger partial charge in [-0.25, -0.2) is 0 Å². The van der Waals surface area contributed by atoms with Gasteiger partial charge >= 0.3 is 0 Å². The van der Waals surface area contributed by atoms with Crippen molar-refractivity contribution in [3.8, 4) is 10.6 Å². The van der Waals surface area contributed by atoms with Crippen LogP contribution in [-0.4, -0.2) is 10.2 Å². The maximum absolute atomic E-state index is 5.67. The van der Waals surface area contributed by atoms with Crippen molar-refractivity contribution in [3.05, 3.63) is 27.1 Å². The molecule has 0 unspecified atom stereocenters. The fourth-order valence-electron chi connectivity index (χ4n) is 0.964. The molecule has 0 saturated heterocycles. The molecule has 0 saturated carbocycles. The van der Waals surface area contributed by atoms with Gasteiger partial charge < -0.3 is 5.73 Å². The lowest BCUT2D eigenvalue weighted by atomic mass is 10.3. The Hall–Kier alpha value is -0.650. The third-order valence-corrected chi connectivity index (χ3v) is 3.54. The van der Waals surface area contributed by atoms with Gasteiger partial charge in [-0.15, -0.1) is 21.5 Å². The Morgan fingerprint density at radius 1 is 1.36 bits per heavy atom. The molecule has 0 bridgehead atoms. The van der Waals surface area contributed by atoms with E-state index in [-0.39, 0.29) is 5.15 Å². The smallest absolute Gasteiger partial charge is 0.174 e. The lowest BCUT2D eigenvalue weighted by Gasteiger charge is -1.98. The van der Waals surface area contributed by atoms with Crippen LogP contribution in [0.15, 0.2) is 22.0 Å². The van der Waals surface area contributed by atoms with E-state index in [2.05, 4.69) is 26.1 Å². The minimum Gasteiger partial charge on any atom is -0.396 e. The quantitative estimate of drug-likeness (QED) is 0.877. The molecule has 0 aliphatic carbocycles. The summed E-state index contributed by atoms with van der Waals surface area (Å²) in [5.74, 6) is 0. The lowest BCUT2D eigenvalue weighted by molar-refractivity contribution is 1.04. The zero-order valence-corrected chi connectivity index (χ0v) is 10.0. The summed E-state index contributed by atoms with van der Waals surface area (Å²) in [5, 5.41) is 7.94. The molecule has 3 nitrogen and oxygen atoms in total. The van der Waals surface area contributed by atoms with Gasteiger partial charge in [-0.3, -0.25) is 0 Å².